The fourth-order valence-corrected chi connectivity index (χ4v) is 6.14. The number of likely N-dealkylation sites (tertiary alicyclic amines) is 2. The highest BCUT2D eigenvalue weighted by atomic mass is 16.5. The first kappa shape index (κ1) is 30.0. The number of anilines is 1. The van der Waals surface area contributed by atoms with E-state index in [1.807, 2.05) is 34.1 Å². The lowest BCUT2D eigenvalue weighted by Gasteiger charge is -2.42. The van der Waals surface area contributed by atoms with E-state index in [0.29, 0.717) is 25.0 Å². The lowest BCUT2D eigenvalue weighted by Crippen LogP contribution is -2.55. The molecule has 0 atom stereocenters. The third-order valence-corrected chi connectivity index (χ3v) is 8.71. The van der Waals surface area contributed by atoms with Gasteiger partial charge >= 0.3 is 6.03 Å². The Kier molecular flexibility index (Phi) is 11.0. The number of ether oxygens (including phenoxy) is 1. The normalized spacial score (nSPS) is 20.4. The second-order valence-corrected chi connectivity index (χ2v) is 11.3. The van der Waals surface area contributed by atoms with Crippen molar-refractivity contribution in [2.24, 2.45) is 5.92 Å². The highest BCUT2D eigenvalue weighted by molar-refractivity contribution is 5.84. The van der Waals surface area contributed by atoms with Crippen LogP contribution in [0.4, 0.5) is 10.5 Å². The highest BCUT2D eigenvalue weighted by Gasteiger charge is 2.29. The molecule has 3 aliphatic heterocycles. The first-order valence-corrected chi connectivity index (χ1v) is 14.6. The van der Waals surface area contributed by atoms with E-state index < -0.39 is 0 Å². The predicted molar refractivity (Wildman–Crippen MR) is 157 cm³/mol. The summed E-state index contributed by atoms with van der Waals surface area (Å²) >= 11 is 0. The molecule has 3 fully saturated rings. The van der Waals surface area contributed by atoms with Crippen LogP contribution in [0, 0.1) is 5.92 Å². The number of allylic oxidation sites excluding steroid dienone is 1. The second-order valence-electron chi connectivity index (χ2n) is 11.3. The number of carbonyl (C=O) groups excluding carboxylic acids is 3. The number of benzene rings is 1. The van der Waals surface area contributed by atoms with E-state index in [9.17, 15) is 14.4 Å². The van der Waals surface area contributed by atoms with Gasteiger partial charge in [0.05, 0.1) is 12.2 Å². The molecule has 3 heterocycles. The summed E-state index contributed by atoms with van der Waals surface area (Å²) in [5.41, 5.74) is 3.00. The van der Waals surface area contributed by atoms with E-state index in [0.717, 1.165) is 69.8 Å². The first-order valence-electron chi connectivity index (χ1n) is 14.6. The molecule has 10 heteroatoms. The van der Waals surface area contributed by atoms with Crippen LogP contribution in [0.5, 0.6) is 0 Å². The average Bonchev–Trinajstić information content (AvgIpc) is 2.99. The summed E-state index contributed by atoms with van der Waals surface area (Å²) in [4.78, 5) is 47.3. The largest absolute Gasteiger partial charge is 0.364 e. The number of carbonyl (C=O) groups is 3. The molecule has 0 aromatic heterocycles. The molecule has 4 rings (SSSR count). The average molecular weight is 555 g/mol. The lowest BCUT2D eigenvalue weighted by atomic mass is 9.89. The zero-order chi connectivity index (χ0) is 28.5. The van der Waals surface area contributed by atoms with Crippen molar-refractivity contribution in [1.29, 1.82) is 0 Å². The molecule has 1 aromatic rings. The van der Waals surface area contributed by atoms with Gasteiger partial charge in [-0.15, -0.1) is 0 Å². The summed E-state index contributed by atoms with van der Waals surface area (Å²) in [6, 6.07) is 8.25. The van der Waals surface area contributed by atoms with Gasteiger partial charge in [0.2, 0.25) is 12.3 Å². The molecule has 0 saturated carbocycles. The SMILES string of the molecule is COCN(C=O)c1ccccc1/C=C(\C)C1CCN(C(=O)NCC(=O)N2CCN(C3CCN(C)CC3)CC2)CC1. The number of amides is 4. The van der Waals surface area contributed by atoms with Crippen molar-refractivity contribution in [2.45, 2.75) is 38.6 Å². The molecule has 3 saturated heterocycles. The van der Waals surface area contributed by atoms with Gasteiger partial charge in [-0.05, 0) is 70.3 Å². The summed E-state index contributed by atoms with van der Waals surface area (Å²) in [6.45, 7) is 9.25. The molecular weight excluding hydrogens is 508 g/mol. The van der Waals surface area contributed by atoms with Crippen LogP contribution in [0.3, 0.4) is 0 Å². The number of methoxy groups -OCH3 is 1. The maximum absolute atomic E-state index is 12.8. The molecule has 1 aromatic carbocycles. The number of piperazine rings is 1. The smallest absolute Gasteiger partial charge is 0.317 e. The Morgan fingerprint density at radius 3 is 2.30 bits per heavy atom. The minimum absolute atomic E-state index is 0.00143. The minimum Gasteiger partial charge on any atom is -0.364 e. The summed E-state index contributed by atoms with van der Waals surface area (Å²) in [5.74, 6) is 0.355. The van der Waals surface area contributed by atoms with Crippen LogP contribution < -0.4 is 10.2 Å². The van der Waals surface area contributed by atoms with Crippen LogP contribution in [0.25, 0.3) is 6.08 Å². The first-order chi connectivity index (χ1) is 19.4. The van der Waals surface area contributed by atoms with Crippen LogP contribution in [0.15, 0.2) is 29.8 Å². The van der Waals surface area contributed by atoms with Gasteiger partial charge in [-0.1, -0.05) is 29.8 Å². The molecule has 40 heavy (non-hydrogen) atoms. The number of hydrogen-bond donors (Lipinski definition) is 1. The maximum atomic E-state index is 12.8. The number of urea groups is 1. The van der Waals surface area contributed by atoms with Crippen LogP contribution in [-0.2, 0) is 14.3 Å². The monoisotopic (exact) mass is 554 g/mol. The van der Waals surface area contributed by atoms with Gasteiger partial charge in [0.1, 0.15) is 6.73 Å². The number of hydrogen-bond acceptors (Lipinski definition) is 6. The molecule has 10 nitrogen and oxygen atoms in total. The molecule has 0 aliphatic carbocycles. The van der Waals surface area contributed by atoms with Crippen LogP contribution in [0.1, 0.15) is 38.2 Å². The number of rotatable bonds is 9. The molecule has 0 bridgehead atoms. The van der Waals surface area contributed by atoms with Crippen LogP contribution in [-0.4, -0.2) is 124 Å². The predicted octanol–water partition coefficient (Wildman–Crippen LogP) is 2.32. The third-order valence-electron chi connectivity index (χ3n) is 8.71. The number of nitrogens with one attached hydrogen (secondary N) is 1. The Morgan fingerprint density at radius 1 is 0.975 bits per heavy atom. The van der Waals surface area contributed by atoms with Crippen molar-refractivity contribution in [2.75, 3.05) is 84.7 Å². The zero-order valence-electron chi connectivity index (χ0n) is 24.4. The number of para-hydroxylation sites is 1. The van der Waals surface area contributed by atoms with E-state index in [-0.39, 0.29) is 25.2 Å². The number of nitrogens with zero attached hydrogens (tertiary/aromatic N) is 5. The van der Waals surface area contributed by atoms with Gasteiger partial charge in [0.15, 0.2) is 0 Å². The van der Waals surface area contributed by atoms with E-state index in [1.54, 1.807) is 12.0 Å². The Hall–Kier alpha value is -2.95. The molecular formula is C30H46N6O4. The standard InChI is InChI=1S/C30H46N6O4/c1-24(20-26-6-4-5-7-28(26)36(22-37)23-40-3)25-8-14-35(15-9-25)30(39)31-21-29(38)34-18-16-33(17-19-34)27-10-12-32(2)13-11-27/h4-7,20,22,25,27H,8-19,21,23H2,1-3H3,(H,31,39)/b24-20+. The second kappa shape index (κ2) is 14.6. The third kappa shape index (κ3) is 7.83. The van der Waals surface area contributed by atoms with E-state index >= 15 is 0 Å². The van der Waals surface area contributed by atoms with E-state index in [4.69, 9.17) is 4.74 Å². The Bertz CT molecular complexity index is 1020. The van der Waals surface area contributed by atoms with Crippen molar-refractivity contribution < 1.29 is 19.1 Å². The fourth-order valence-electron chi connectivity index (χ4n) is 6.14. The van der Waals surface area contributed by atoms with Gasteiger partial charge in [-0.2, -0.15) is 0 Å². The van der Waals surface area contributed by atoms with Gasteiger partial charge < -0.3 is 24.8 Å². The number of piperidine rings is 2. The van der Waals surface area contributed by atoms with Crippen molar-refractivity contribution in [3.8, 4) is 0 Å². The summed E-state index contributed by atoms with van der Waals surface area (Å²) in [5, 5.41) is 2.86. The maximum Gasteiger partial charge on any atom is 0.317 e. The van der Waals surface area contributed by atoms with Gasteiger partial charge in [-0.3, -0.25) is 19.4 Å². The molecule has 3 aliphatic rings. The van der Waals surface area contributed by atoms with Crippen LogP contribution in [0.2, 0.25) is 0 Å². The summed E-state index contributed by atoms with van der Waals surface area (Å²) in [6.07, 6.45) is 7.04. The molecule has 220 valence electrons. The van der Waals surface area contributed by atoms with Gasteiger partial charge in [0, 0.05) is 52.4 Å². The topological polar surface area (TPSA) is 88.7 Å². The van der Waals surface area contributed by atoms with Crippen molar-refractivity contribution in [3.63, 3.8) is 0 Å². The van der Waals surface area contributed by atoms with Crippen LogP contribution >= 0.6 is 0 Å². The summed E-state index contributed by atoms with van der Waals surface area (Å²) < 4.78 is 5.16. The van der Waals surface area contributed by atoms with Crippen molar-refractivity contribution in [1.82, 2.24) is 24.9 Å². The Labute approximate surface area is 238 Å². The summed E-state index contributed by atoms with van der Waals surface area (Å²) in [7, 11) is 3.75. The van der Waals surface area contributed by atoms with Crippen molar-refractivity contribution in [3.05, 3.63) is 35.4 Å². The zero-order valence-corrected chi connectivity index (χ0v) is 24.4. The molecule has 0 radical (unpaired) electrons. The van der Waals surface area contributed by atoms with E-state index in [2.05, 4.69) is 35.2 Å². The molecule has 0 unspecified atom stereocenters. The van der Waals surface area contributed by atoms with Gasteiger partial charge in [-0.25, -0.2) is 4.79 Å². The minimum atomic E-state index is -0.162. The quantitative estimate of drug-likeness (QED) is 0.372. The fraction of sp³-hybridized carbons (Fsp3) is 0.633. The molecule has 0 spiro atoms. The van der Waals surface area contributed by atoms with E-state index in [1.165, 1.54) is 18.4 Å². The Balaban J connectivity index is 1.20. The highest BCUT2D eigenvalue weighted by Crippen LogP contribution is 2.29. The Morgan fingerprint density at radius 2 is 1.65 bits per heavy atom. The van der Waals surface area contributed by atoms with Gasteiger partial charge in [0.25, 0.3) is 0 Å². The molecule has 4 amide bonds. The molecule has 1 N–H and O–H groups in total. The lowest BCUT2D eigenvalue weighted by molar-refractivity contribution is -0.132. The van der Waals surface area contributed by atoms with Crippen molar-refractivity contribution >= 4 is 30.1 Å².